The molecule has 0 atom stereocenters. The second-order valence-corrected chi connectivity index (χ2v) is 5.30. The van der Waals surface area contributed by atoms with E-state index < -0.39 is 5.97 Å². The van der Waals surface area contributed by atoms with Gasteiger partial charge in [-0.05, 0) is 50.7 Å². The lowest BCUT2D eigenvalue weighted by molar-refractivity contribution is -0.131. The van der Waals surface area contributed by atoms with Crippen molar-refractivity contribution in [2.45, 2.75) is 18.9 Å². The number of carboxylic acid groups (broad SMARTS) is 1. The van der Waals surface area contributed by atoms with E-state index in [1.165, 1.54) is 0 Å². The highest BCUT2D eigenvalue weighted by Gasteiger charge is 2.21. The number of rotatable bonds is 4. The highest BCUT2D eigenvalue weighted by molar-refractivity contribution is 5.85. The number of piperidine rings is 1. The number of aliphatic carboxylic acids is 1. The minimum Gasteiger partial charge on any atom is -0.478 e. The molecule has 20 heavy (non-hydrogen) atoms. The van der Waals surface area contributed by atoms with Gasteiger partial charge in [-0.1, -0.05) is 0 Å². The number of nitrogens with zero attached hydrogens (tertiary/aromatic N) is 3. The van der Waals surface area contributed by atoms with Crippen molar-refractivity contribution in [3.8, 4) is 0 Å². The molecule has 2 rings (SSSR count). The summed E-state index contributed by atoms with van der Waals surface area (Å²) in [5, 5.41) is 8.58. The Hall–Kier alpha value is -1.88. The highest BCUT2D eigenvalue weighted by atomic mass is 16.4. The van der Waals surface area contributed by atoms with Gasteiger partial charge in [-0.25, -0.2) is 9.78 Å². The molecule has 1 N–H and O–H groups in total. The lowest BCUT2D eigenvalue weighted by atomic mass is 10.0. The summed E-state index contributed by atoms with van der Waals surface area (Å²) in [6.45, 7) is 2.03. The van der Waals surface area contributed by atoms with E-state index in [0.717, 1.165) is 43.4 Å². The molecule has 1 saturated heterocycles. The molecule has 2 heterocycles. The zero-order valence-corrected chi connectivity index (χ0v) is 12.0. The molecular formula is C15H21N3O2. The van der Waals surface area contributed by atoms with Gasteiger partial charge in [0.25, 0.3) is 0 Å². The molecule has 0 unspecified atom stereocenters. The molecule has 0 aliphatic carbocycles. The van der Waals surface area contributed by atoms with Crippen molar-refractivity contribution in [1.29, 1.82) is 0 Å². The molecule has 5 nitrogen and oxygen atoms in total. The third kappa shape index (κ3) is 3.81. The maximum Gasteiger partial charge on any atom is 0.328 e. The van der Waals surface area contributed by atoms with Crippen molar-refractivity contribution in [1.82, 2.24) is 9.88 Å². The molecule has 1 aliphatic rings. The van der Waals surface area contributed by atoms with Crippen LogP contribution in [0.25, 0.3) is 6.08 Å². The van der Waals surface area contributed by atoms with E-state index in [4.69, 9.17) is 5.11 Å². The van der Waals surface area contributed by atoms with Gasteiger partial charge in [0, 0.05) is 31.4 Å². The van der Waals surface area contributed by atoms with Crippen LogP contribution in [0.4, 0.5) is 5.82 Å². The van der Waals surface area contributed by atoms with Gasteiger partial charge in [-0.15, -0.1) is 0 Å². The van der Waals surface area contributed by atoms with Gasteiger partial charge in [0.05, 0.1) is 0 Å². The molecule has 0 amide bonds. The topological polar surface area (TPSA) is 56.7 Å². The molecular weight excluding hydrogens is 254 g/mol. The van der Waals surface area contributed by atoms with Crippen molar-refractivity contribution in [2.75, 3.05) is 32.1 Å². The normalized spacial score (nSPS) is 17.1. The number of carbonyl (C=O) groups is 1. The van der Waals surface area contributed by atoms with Gasteiger partial charge in [0.1, 0.15) is 5.82 Å². The molecule has 1 fully saturated rings. The van der Waals surface area contributed by atoms with E-state index in [-0.39, 0.29) is 0 Å². The highest BCUT2D eigenvalue weighted by Crippen LogP contribution is 2.20. The maximum absolute atomic E-state index is 10.5. The number of hydrogen-bond acceptors (Lipinski definition) is 4. The first-order valence-electron chi connectivity index (χ1n) is 6.84. The number of aromatic nitrogens is 1. The summed E-state index contributed by atoms with van der Waals surface area (Å²) in [7, 11) is 4.25. The summed E-state index contributed by atoms with van der Waals surface area (Å²) < 4.78 is 0. The Morgan fingerprint density at radius 3 is 2.60 bits per heavy atom. The monoisotopic (exact) mass is 275 g/mol. The van der Waals surface area contributed by atoms with Crippen LogP contribution in [0.15, 0.2) is 24.4 Å². The van der Waals surface area contributed by atoms with E-state index in [1.54, 1.807) is 12.3 Å². The lowest BCUT2D eigenvalue weighted by Crippen LogP contribution is -2.42. The Bertz CT molecular complexity index is 474. The average Bonchev–Trinajstić information content (AvgIpc) is 2.46. The molecule has 1 aromatic heterocycles. The molecule has 0 bridgehead atoms. The first-order chi connectivity index (χ1) is 9.56. The summed E-state index contributed by atoms with van der Waals surface area (Å²) in [5.74, 6) is 0.0227. The summed E-state index contributed by atoms with van der Waals surface area (Å²) in [6.07, 6.45) is 6.69. The first kappa shape index (κ1) is 14.5. The Labute approximate surface area is 119 Å². The van der Waals surface area contributed by atoms with Crippen LogP contribution in [-0.2, 0) is 4.79 Å². The molecule has 1 aromatic rings. The zero-order valence-electron chi connectivity index (χ0n) is 12.0. The zero-order chi connectivity index (χ0) is 14.5. The molecule has 0 spiro atoms. The van der Waals surface area contributed by atoms with Crippen LogP contribution < -0.4 is 4.90 Å². The Morgan fingerprint density at radius 1 is 1.40 bits per heavy atom. The van der Waals surface area contributed by atoms with Crippen LogP contribution in [0, 0.1) is 0 Å². The van der Waals surface area contributed by atoms with Crippen LogP contribution in [0.3, 0.4) is 0 Å². The Balaban J connectivity index is 1.96. The molecule has 0 saturated carbocycles. The molecule has 0 radical (unpaired) electrons. The third-order valence-electron chi connectivity index (χ3n) is 3.71. The number of hydrogen-bond donors (Lipinski definition) is 1. The van der Waals surface area contributed by atoms with E-state index in [1.807, 2.05) is 12.1 Å². The lowest BCUT2D eigenvalue weighted by Gasteiger charge is -2.35. The van der Waals surface area contributed by atoms with Crippen LogP contribution >= 0.6 is 0 Å². The minimum absolute atomic E-state index is 0.657. The van der Waals surface area contributed by atoms with Gasteiger partial charge in [-0.2, -0.15) is 0 Å². The van der Waals surface area contributed by atoms with Crippen molar-refractivity contribution < 1.29 is 9.90 Å². The SMILES string of the molecule is CN(C)C1CCN(c2ccc(/C=C/C(=O)O)cn2)CC1. The maximum atomic E-state index is 10.5. The standard InChI is InChI=1S/C15H21N3O2/c1-17(2)13-7-9-18(10-8-13)14-5-3-12(11-16-14)4-6-15(19)20/h3-6,11,13H,7-10H2,1-2H3,(H,19,20)/b6-4+. The van der Waals surface area contributed by atoms with Gasteiger partial charge in [-0.3, -0.25) is 0 Å². The quantitative estimate of drug-likeness (QED) is 0.848. The summed E-state index contributed by atoms with van der Waals surface area (Å²) in [6, 6.07) is 4.51. The van der Waals surface area contributed by atoms with Crippen molar-refractivity contribution in [3.63, 3.8) is 0 Å². The van der Waals surface area contributed by atoms with E-state index >= 15 is 0 Å². The molecule has 0 aromatic carbocycles. The van der Waals surface area contributed by atoms with Gasteiger partial charge >= 0.3 is 5.97 Å². The smallest absolute Gasteiger partial charge is 0.328 e. The van der Waals surface area contributed by atoms with Gasteiger partial charge in [0.2, 0.25) is 0 Å². The fourth-order valence-corrected chi connectivity index (χ4v) is 2.46. The second-order valence-electron chi connectivity index (χ2n) is 5.30. The molecule has 1 aliphatic heterocycles. The number of carboxylic acids is 1. The van der Waals surface area contributed by atoms with Crippen molar-refractivity contribution >= 4 is 17.9 Å². The fourth-order valence-electron chi connectivity index (χ4n) is 2.46. The number of pyridine rings is 1. The van der Waals surface area contributed by atoms with E-state index in [9.17, 15) is 4.79 Å². The fraction of sp³-hybridized carbons (Fsp3) is 0.467. The molecule has 5 heteroatoms. The van der Waals surface area contributed by atoms with Crippen LogP contribution in [-0.4, -0.2) is 54.2 Å². The summed E-state index contributed by atoms with van der Waals surface area (Å²) >= 11 is 0. The second kappa shape index (κ2) is 6.52. The minimum atomic E-state index is -0.945. The number of anilines is 1. The van der Waals surface area contributed by atoms with Gasteiger partial charge < -0.3 is 14.9 Å². The van der Waals surface area contributed by atoms with Crippen molar-refractivity contribution in [3.05, 3.63) is 30.0 Å². The predicted molar refractivity (Wildman–Crippen MR) is 79.8 cm³/mol. The van der Waals surface area contributed by atoms with E-state index in [0.29, 0.717) is 6.04 Å². The largest absolute Gasteiger partial charge is 0.478 e. The first-order valence-corrected chi connectivity index (χ1v) is 6.84. The predicted octanol–water partition coefficient (Wildman–Crippen LogP) is 1.71. The van der Waals surface area contributed by atoms with Crippen molar-refractivity contribution in [2.24, 2.45) is 0 Å². The van der Waals surface area contributed by atoms with Crippen LogP contribution in [0.1, 0.15) is 18.4 Å². The van der Waals surface area contributed by atoms with Gasteiger partial charge in [0.15, 0.2) is 0 Å². The van der Waals surface area contributed by atoms with Crippen LogP contribution in [0.2, 0.25) is 0 Å². The van der Waals surface area contributed by atoms with Crippen LogP contribution in [0.5, 0.6) is 0 Å². The molecule has 108 valence electrons. The third-order valence-corrected chi connectivity index (χ3v) is 3.71. The van der Waals surface area contributed by atoms with E-state index in [2.05, 4.69) is 28.9 Å². The average molecular weight is 275 g/mol. The Morgan fingerprint density at radius 2 is 2.10 bits per heavy atom. The summed E-state index contributed by atoms with van der Waals surface area (Å²) in [5.41, 5.74) is 0.805. The summed E-state index contributed by atoms with van der Waals surface area (Å²) in [4.78, 5) is 19.4. The Kier molecular flexibility index (Phi) is 4.74.